The Balaban J connectivity index is 1.42. The van der Waals surface area contributed by atoms with E-state index < -0.39 is 0 Å². The summed E-state index contributed by atoms with van der Waals surface area (Å²) < 4.78 is 2.16. The van der Waals surface area contributed by atoms with Crippen LogP contribution in [0, 0.1) is 5.92 Å². The first-order valence-electron chi connectivity index (χ1n) is 9.51. The highest BCUT2D eigenvalue weighted by Crippen LogP contribution is 2.16. The lowest BCUT2D eigenvalue weighted by molar-refractivity contribution is -0.123. The summed E-state index contributed by atoms with van der Waals surface area (Å²) in [6.45, 7) is 2.96. The van der Waals surface area contributed by atoms with Gasteiger partial charge in [0.2, 0.25) is 5.91 Å². The molecule has 0 radical (unpaired) electrons. The van der Waals surface area contributed by atoms with Crippen LogP contribution in [-0.4, -0.2) is 32.1 Å². The number of halogens is 2. The molecule has 1 amide bonds. The smallest absolute Gasteiger partial charge is 0.228 e. The Kier molecular flexibility index (Phi) is 8.13. The van der Waals surface area contributed by atoms with Gasteiger partial charge in [0, 0.05) is 35.1 Å². The fourth-order valence-corrected chi connectivity index (χ4v) is 3.73. The van der Waals surface area contributed by atoms with Crippen molar-refractivity contribution in [3.8, 4) is 0 Å². The molecule has 1 unspecified atom stereocenters. The summed E-state index contributed by atoms with van der Waals surface area (Å²) in [5.41, 5.74) is 3.64. The third kappa shape index (κ3) is 6.47. The molecule has 3 rings (SSSR count). The molecule has 0 bridgehead atoms. The van der Waals surface area contributed by atoms with Crippen LogP contribution < -0.4 is 16.0 Å². The van der Waals surface area contributed by atoms with Gasteiger partial charge in [-0.2, -0.15) is 0 Å². The predicted molar refractivity (Wildman–Crippen MR) is 121 cm³/mol. The Labute approximate surface area is 183 Å². The summed E-state index contributed by atoms with van der Waals surface area (Å²) in [5.74, 6) is 0.00756. The molecule has 6 heteroatoms. The fourth-order valence-electron chi connectivity index (χ4n) is 3.20. The van der Waals surface area contributed by atoms with Gasteiger partial charge in [-0.1, -0.05) is 56.1 Å². The number of benzene rings is 2. The molecule has 148 valence electrons. The minimum absolute atomic E-state index is 0.0925. The van der Waals surface area contributed by atoms with Crippen LogP contribution in [0.3, 0.4) is 0 Å². The fraction of sp³-hybridized carbons (Fsp3) is 0.318. The molecule has 1 aliphatic heterocycles. The van der Waals surface area contributed by atoms with E-state index in [0.29, 0.717) is 13.1 Å². The molecular formula is C22H25Br2N3O. The molecule has 4 nitrogen and oxygen atoms in total. The number of nitrogens with one attached hydrogen (secondary N) is 3. The number of carbonyl (C=O) groups excluding carboxylic acids is 1. The predicted octanol–water partition coefficient (Wildman–Crippen LogP) is 3.81. The van der Waals surface area contributed by atoms with E-state index in [2.05, 4.69) is 84.2 Å². The summed E-state index contributed by atoms with van der Waals surface area (Å²) in [6, 6.07) is 16.6. The highest BCUT2D eigenvalue weighted by atomic mass is 79.9. The second-order valence-electron chi connectivity index (χ2n) is 6.90. The molecule has 0 aromatic heterocycles. The van der Waals surface area contributed by atoms with Crippen LogP contribution in [-0.2, 0) is 17.6 Å². The molecule has 3 N–H and O–H groups in total. The van der Waals surface area contributed by atoms with E-state index in [4.69, 9.17) is 0 Å². The van der Waals surface area contributed by atoms with Crippen LogP contribution in [0.25, 0.3) is 0 Å². The summed E-state index contributed by atoms with van der Waals surface area (Å²) >= 11 is 6.89. The first kappa shape index (κ1) is 21.1. The largest absolute Gasteiger partial charge is 0.391 e. The maximum Gasteiger partial charge on any atom is 0.228 e. The van der Waals surface area contributed by atoms with Crippen LogP contribution in [0.15, 0.2) is 69.2 Å². The topological polar surface area (TPSA) is 53.2 Å². The van der Waals surface area contributed by atoms with Crippen molar-refractivity contribution in [3.63, 3.8) is 0 Å². The van der Waals surface area contributed by atoms with Crippen LogP contribution in [0.4, 0.5) is 0 Å². The summed E-state index contributed by atoms with van der Waals surface area (Å²) in [6.07, 6.45) is 3.80. The van der Waals surface area contributed by atoms with Crippen molar-refractivity contribution in [1.29, 1.82) is 0 Å². The Morgan fingerprint density at radius 2 is 1.54 bits per heavy atom. The lowest BCUT2D eigenvalue weighted by atomic mass is 10.0. The molecular weight excluding hydrogens is 482 g/mol. The average Bonchev–Trinajstić information content (AvgIpc) is 3.17. The average molecular weight is 507 g/mol. The van der Waals surface area contributed by atoms with Gasteiger partial charge in [-0.05, 0) is 60.0 Å². The van der Waals surface area contributed by atoms with Gasteiger partial charge in [-0.15, -0.1) is 0 Å². The van der Waals surface area contributed by atoms with Gasteiger partial charge in [-0.3, -0.25) is 4.79 Å². The van der Waals surface area contributed by atoms with Crippen molar-refractivity contribution < 1.29 is 4.79 Å². The SMILES string of the molecule is O=C(NCCc1ccc(Br)cc1)C1CNC/C1=C\NCCc1ccc(Br)cc1. The van der Waals surface area contributed by atoms with Gasteiger partial charge >= 0.3 is 0 Å². The number of carbonyl (C=O) groups is 1. The van der Waals surface area contributed by atoms with E-state index in [1.165, 1.54) is 11.1 Å². The van der Waals surface area contributed by atoms with Gasteiger partial charge < -0.3 is 16.0 Å². The Morgan fingerprint density at radius 3 is 2.14 bits per heavy atom. The molecule has 0 aliphatic carbocycles. The molecule has 1 aliphatic rings. The van der Waals surface area contributed by atoms with Crippen molar-refractivity contribution >= 4 is 37.8 Å². The zero-order valence-corrected chi connectivity index (χ0v) is 18.9. The molecule has 2 aromatic rings. The standard InChI is InChI=1S/C22H25Br2N3O/c23-19-5-1-16(2-6-19)9-11-25-13-18-14-26-15-21(18)22(28)27-12-10-17-3-7-20(24)8-4-17/h1-8,13,21,25-26H,9-12,14-15H2,(H,27,28)/b18-13+. The molecule has 2 aromatic carbocycles. The van der Waals surface area contributed by atoms with Gasteiger partial charge in [0.05, 0.1) is 5.92 Å². The Morgan fingerprint density at radius 1 is 0.964 bits per heavy atom. The van der Waals surface area contributed by atoms with E-state index in [-0.39, 0.29) is 11.8 Å². The number of hydrogen-bond donors (Lipinski definition) is 3. The third-order valence-corrected chi connectivity index (χ3v) is 5.88. The van der Waals surface area contributed by atoms with Crippen molar-refractivity contribution in [2.45, 2.75) is 12.8 Å². The zero-order valence-electron chi connectivity index (χ0n) is 15.7. The Hall–Kier alpha value is -1.63. The van der Waals surface area contributed by atoms with E-state index in [0.717, 1.165) is 40.4 Å². The number of hydrogen-bond acceptors (Lipinski definition) is 3. The number of amides is 1. The highest BCUT2D eigenvalue weighted by Gasteiger charge is 2.27. The quantitative estimate of drug-likeness (QED) is 0.477. The maximum absolute atomic E-state index is 12.6. The van der Waals surface area contributed by atoms with E-state index in [1.54, 1.807) is 0 Å². The van der Waals surface area contributed by atoms with Crippen LogP contribution >= 0.6 is 31.9 Å². The molecule has 28 heavy (non-hydrogen) atoms. The lowest BCUT2D eigenvalue weighted by Gasteiger charge is -2.13. The van der Waals surface area contributed by atoms with E-state index in [9.17, 15) is 4.79 Å². The first-order chi connectivity index (χ1) is 13.6. The van der Waals surface area contributed by atoms with E-state index >= 15 is 0 Å². The minimum Gasteiger partial charge on any atom is -0.391 e. The van der Waals surface area contributed by atoms with Gasteiger partial charge in [0.1, 0.15) is 0 Å². The second kappa shape index (κ2) is 10.8. The molecule has 0 spiro atoms. The van der Waals surface area contributed by atoms with Crippen molar-refractivity contribution in [1.82, 2.24) is 16.0 Å². The monoisotopic (exact) mass is 505 g/mol. The van der Waals surface area contributed by atoms with Crippen LogP contribution in [0.5, 0.6) is 0 Å². The van der Waals surface area contributed by atoms with Gasteiger partial charge in [0.15, 0.2) is 0 Å². The highest BCUT2D eigenvalue weighted by molar-refractivity contribution is 9.10. The normalized spacial score (nSPS) is 17.6. The first-order valence-corrected chi connectivity index (χ1v) is 11.1. The summed E-state index contributed by atoms with van der Waals surface area (Å²) in [5, 5.41) is 9.74. The van der Waals surface area contributed by atoms with Gasteiger partial charge in [0.25, 0.3) is 0 Å². The number of rotatable bonds is 8. The minimum atomic E-state index is -0.0925. The molecule has 1 saturated heterocycles. The van der Waals surface area contributed by atoms with E-state index in [1.807, 2.05) is 18.3 Å². The molecule has 1 heterocycles. The van der Waals surface area contributed by atoms with Crippen molar-refractivity contribution in [3.05, 3.63) is 80.4 Å². The molecule has 1 atom stereocenters. The molecule has 0 saturated carbocycles. The third-order valence-electron chi connectivity index (χ3n) is 4.83. The van der Waals surface area contributed by atoms with Crippen molar-refractivity contribution in [2.24, 2.45) is 5.92 Å². The van der Waals surface area contributed by atoms with Crippen LogP contribution in [0.2, 0.25) is 0 Å². The lowest BCUT2D eigenvalue weighted by Crippen LogP contribution is -2.34. The van der Waals surface area contributed by atoms with Crippen molar-refractivity contribution in [2.75, 3.05) is 26.2 Å². The summed E-state index contributed by atoms with van der Waals surface area (Å²) in [7, 11) is 0. The van der Waals surface area contributed by atoms with Crippen LogP contribution in [0.1, 0.15) is 11.1 Å². The Bertz CT molecular complexity index is 804. The summed E-state index contributed by atoms with van der Waals surface area (Å²) in [4.78, 5) is 12.6. The molecule has 1 fully saturated rings. The maximum atomic E-state index is 12.6. The zero-order chi connectivity index (χ0) is 19.8. The second-order valence-corrected chi connectivity index (χ2v) is 8.73. The van der Waals surface area contributed by atoms with Gasteiger partial charge in [-0.25, -0.2) is 0 Å².